The van der Waals surface area contributed by atoms with Gasteiger partial charge in [-0.3, -0.25) is 4.79 Å². The normalized spacial score (nSPS) is 13.1. The highest BCUT2D eigenvalue weighted by atomic mass is 16.5. The summed E-state index contributed by atoms with van der Waals surface area (Å²) < 4.78 is 16.8. The number of fused-ring (bicyclic) bond motifs is 1. The van der Waals surface area contributed by atoms with Crippen molar-refractivity contribution < 1.29 is 19.3 Å². The van der Waals surface area contributed by atoms with E-state index in [0.29, 0.717) is 35.8 Å². The first-order valence-electron chi connectivity index (χ1n) is 9.49. The number of H-pyrrole nitrogens is 1. The lowest BCUT2D eigenvalue weighted by molar-refractivity contribution is 0.102. The monoisotopic (exact) mass is 398 g/mol. The zero-order valence-electron chi connectivity index (χ0n) is 16.6. The zero-order valence-corrected chi connectivity index (χ0v) is 16.6. The summed E-state index contributed by atoms with van der Waals surface area (Å²) >= 11 is 0. The molecule has 7 heteroatoms. The fourth-order valence-electron chi connectivity index (χ4n) is 2.90. The van der Waals surface area contributed by atoms with Gasteiger partial charge in [0.1, 0.15) is 25.1 Å². The molecule has 0 bridgehead atoms. The van der Waals surface area contributed by atoms with E-state index in [1.54, 1.807) is 19.2 Å². The molecule has 0 saturated heterocycles. The number of benzene rings is 2. The molecule has 154 valence electrons. The molecule has 2 aromatic carbocycles. The molecule has 2 atom stereocenters. The third kappa shape index (κ3) is 5.49. The topological polar surface area (TPSA) is 92.8 Å². The van der Waals surface area contributed by atoms with Crippen LogP contribution in [0.1, 0.15) is 6.92 Å². The summed E-state index contributed by atoms with van der Waals surface area (Å²) in [6, 6.07) is 14.7. The molecule has 0 aliphatic heterocycles. The number of para-hydroxylation sites is 2. The maximum absolute atomic E-state index is 11.9. The summed E-state index contributed by atoms with van der Waals surface area (Å²) in [6.07, 6.45) is 0.809. The van der Waals surface area contributed by atoms with E-state index in [1.807, 2.05) is 43.3 Å². The summed E-state index contributed by atoms with van der Waals surface area (Å²) in [5.41, 5.74) is -0.168. The fraction of sp³-hybridized carbons (Fsp3) is 0.318. The Bertz CT molecular complexity index is 988. The quantitative estimate of drug-likeness (QED) is 0.485. The third-order valence-electron chi connectivity index (χ3n) is 4.46. The molecule has 0 radical (unpaired) electrons. The number of nitrogens with one attached hydrogen (secondary N) is 2. The van der Waals surface area contributed by atoms with Crippen molar-refractivity contribution in [3.63, 3.8) is 0 Å². The Balaban J connectivity index is 1.46. The molecular formula is C22H26N2O5. The van der Waals surface area contributed by atoms with Crippen LogP contribution in [-0.4, -0.2) is 49.1 Å². The SMILES string of the molecule is COc1ccccc1OC[C@H](C)NC[C@@H](O)COc1c[nH]c(=O)c2ccccc12. The van der Waals surface area contributed by atoms with Crippen LogP contribution in [-0.2, 0) is 0 Å². The number of aromatic amines is 1. The number of aliphatic hydroxyl groups is 1. The lowest BCUT2D eigenvalue weighted by Gasteiger charge is -2.19. The molecule has 3 N–H and O–H groups in total. The second-order valence-corrected chi connectivity index (χ2v) is 6.76. The zero-order chi connectivity index (χ0) is 20.6. The van der Waals surface area contributed by atoms with E-state index in [1.165, 1.54) is 6.20 Å². The van der Waals surface area contributed by atoms with E-state index >= 15 is 0 Å². The van der Waals surface area contributed by atoms with Gasteiger partial charge in [-0.1, -0.05) is 30.3 Å². The lowest BCUT2D eigenvalue weighted by atomic mass is 10.1. The highest BCUT2D eigenvalue weighted by Crippen LogP contribution is 2.25. The first-order chi connectivity index (χ1) is 14.1. The summed E-state index contributed by atoms with van der Waals surface area (Å²) in [4.78, 5) is 14.5. The van der Waals surface area contributed by atoms with Gasteiger partial charge in [0, 0.05) is 24.2 Å². The van der Waals surface area contributed by atoms with Gasteiger partial charge in [-0.2, -0.15) is 0 Å². The molecule has 0 unspecified atom stereocenters. The molecule has 0 fully saturated rings. The Morgan fingerprint density at radius 2 is 1.62 bits per heavy atom. The Hall–Kier alpha value is -3.03. The number of methoxy groups -OCH3 is 1. The van der Waals surface area contributed by atoms with E-state index in [9.17, 15) is 9.90 Å². The minimum Gasteiger partial charge on any atom is -0.493 e. The largest absolute Gasteiger partial charge is 0.493 e. The van der Waals surface area contributed by atoms with Crippen LogP contribution in [0.15, 0.2) is 59.5 Å². The molecule has 3 rings (SSSR count). The average Bonchev–Trinajstić information content (AvgIpc) is 2.76. The first kappa shape index (κ1) is 20.7. The van der Waals surface area contributed by atoms with Gasteiger partial charge in [-0.25, -0.2) is 0 Å². The van der Waals surface area contributed by atoms with E-state index in [0.717, 1.165) is 5.39 Å². The first-order valence-corrected chi connectivity index (χ1v) is 9.49. The molecule has 29 heavy (non-hydrogen) atoms. The van der Waals surface area contributed by atoms with Crippen LogP contribution < -0.4 is 25.1 Å². The number of hydrogen-bond donors (Lipinski definition) is 3. The summed E-state index contributed by atoms with van der Waals surface area (Å²) in [7, 11) is 1.60. The highest BCUT2D eigenvalue weighted by Gasteiger charge is 2.12. The predicted molar refractivity (Wildman–Crippen MR) is 112 cm³/mol. The molecule has 0 saturated carbocycles. The Morgan fingerprint density at radius 1 is 0.966 bits per heavy atom. The van der Waals surface area contributed by atoms with Gasteiger partial charge in [0.25, 0.3) is 5.56 Å². The molecule has 0 amide bonds. The van der Waals surface area contributed by atoms with Crippen LogP contribution >= 0.6 is 0 Å². The number of hydrogen-bond acceptors (Lipinski definition) is 6. The van der Waals surface area contributed by atoms with Crippen molar-refractivity contribution in [2.75, 3.05) is 26.9 Å². The second-order valence-electron chi connectivity index (χ2n) is 6.76. The summed E-state index contributed by atoms with van der Waals surface area (Å²) in [6.45, 7) is 2.85. The summed E-state index contributed by atoms with van der Waals surface area (Å²) in [5, 5.41) is 14.7. The van der Waals surface area contributed by atoms with Gasteiger partial charge in [0.15, 0.2) is 11.5 Å². The number of aromatic nitrogens is 1. The van der Waals surface area contributed by atoms with Gasteiger partial charge >= 0.3 is 0 Å². The van der Waals surface area contributed by atoms with Gasteiger partial charge in [0.2, 0.25) is 0 Å². The van der Waals surface area contributed by atoms with E-state index < -0.39 is 6.10 Å². The minimum atomic E-state index is -0.714. The fourth-order valence-corrected chi connectivity index (χ4v) is 2.90. The summed E-state index contributed by atoms with van der Waals surface area (Å²) in [5.74, 6) is 1.89. The van der Waals surface area contributed by atoms with Crippen LogP contribution in [0, 0.1) is 0 Å². The van der Waals surface area contributed by atoms with E-state index in [4.69, 9.17) is 14.2 Å². The van der Waals surface area contributed by atoms with Crippen LogP contribution in [0.4, 0.5) is 0 Å². The third-order valence-corrected chi connectivity index (χ3v) is 4.46. The van der Waals surface area contributed by atoms with Crippen LogP contribution in [0.5, 0.6) is 17.2 Å². The van der Waals surface area contributed by atoms with Gasteiger partial charge in [-0.15, -0.1) is 0 Å². The Morgan fingerprint density at radius 3 is 2.38 bits per heavy atom. The minimum absolute atomic E-state index is 0.0171. The van der Waals surface area contributed by atoms with Crippen LogP contribution in [0.3, 0.4) is 0 Å². The predicted octanol–water partition coefficient (Wildman–Crippen LogP) is 2.33. The maximum atomic E-state index is 11.9. The highest BCUT2D eigenvalue weighted by molar-refractivity contribution is 5.86. The van der Waals surface area contributed by atoms with Crippen molar-refractivity contribution >= 4 is 10.8 Å². The smallest absolute Gasteiger partial charge is 0.256 e. The molecule has 1 aromatic heterocycles. The molecule has 3 aromatic rings. The second kappa shape index (κ2) is 9.95. The average molecular weight is 398 g/mol. The lowest BCUT2D eigenvalue weighted by Crippen LogP contribution is -2.39. The van der Waals surface area contributed by atoms with Gasteiger partial charge < -0.3 is 29.6 Å². The van der Waals surface area contributed by atoms with Gasteiger partial charge in [0.05, 0.1) is 12.5 Å². The molecule has 7 nitrogen and oxygen atoms in total. The van der Waals surface area contributed by atoms with E-state index in [2.05, 4.69) is 10.3 Å². The molecule has 0 aliphatic carbocycles. The van der Waals surface area contributed by atoms with Crippen LogP contribution in [0.25, 0.3) is 10.8 Å². The molecule has 1 heterocycles. The van der Waals surface area contributed by atoms with Crippen molar-refractivity contribution in [3.8, 4) is 17.2 Å². The van der Waals surface area contributed by atoms with Gasteiger partial charge in [-0.05, 0) is 25.1 Å². The van der Waals surface area contributed by atoms with Crippen molar-refractivity contribution in [1.82, 2.24) is 10.3 Å². The van der Waals surface area contributed by atoms with Crippen molar-refractivity contribution in [1.29, 1.82) is 0 Å². The molecular weight excluding hydrogens is 372 g/mol. The van der Waals surface area contributed by atoms with Crippen molar-refractivity contribution in [2.45, 2.75) is 19.1 Å². The van der Waals surface area contributed by atoms with Crippen molar-refractivity contribution in [2.24, 2.45) is 0 Å². The number of ether oxygens (including phenoxy) is 3. The standard InChI is InChI=1S/C22H26N2O5/c1-15(13-28-20-10-6-5-9-19(20)27-2)23-11-16(25)14-29-21-12-24-22(26)18-8-4-3-7-17(18)21/h3-10,12,15-16,23,25H,11,13-14H2,1-2H3,(H,24,26)/t15-,16+/m0/s1. The number of aliphatic hydroxyl groups excluding tert-OH is 1. The van der Waals surface area contributed by atoms with Crippen LogP contribution in [0.2, 0.25) is 0 Å². The van der Waals surface area contributed by atoms with E-state index in [-0.39, 0.29) is 18.2 Å². The van der Waals surface area contributed by atoms with Crippen molar-refractivity contribution in [3.05, 3.63) is 65.1 Å². The number of pyridine rings is 1. The Labute approximate surface area is 169 Å². The molecule has 0 aliphatic rings. The molecule has 0 spiro atoms. The number of rotatable bonds is 10. The Kier molecular flexibility index (Phi) is 7.10. The maximum Gasteiger partial charge on any atom is 0.256 e.